The second-order valence-electron chi connectivity index (χ2n) is 2.97. The van der Waals surface area contributed by atoms with E-state index < -0.39 is 0 Å². The molecule has 0 aromatic carbocycles. The molecule has 0 bridgehead atoms. The molecular formula is C8H16N2O2. The molecule has 0 saturated carbocycles. The number of hydrogen-bond acceptors (Lipinski definition) is 3. The van der Waals surface area contributed by atoms with Gasteiger partial charge in [-0.1, -0.05) is 6.92 Å². The molecule has 12 heavy (non-hydrogen) atoms. The highest BCUT2D eigenvalue weighted by molar-refractivity contribution is 5.67. The van der Waals surface area contributed by atoms with Crippen LogP contribution in [-0.4, -0.2) is 42.9 Å². The van der Waals surface area contributed by atoms with Gasteiger partial charge in [0.2, 0.25) is 0 Å². The zero-order chi connectivity index (χ0) is 8.97. The Bertz CT molecular complexity index is 161. The van der Waals surface area contributed by atoms with Crippen LogP contribution in [0.25, 0.3) is 0 Å². The third kappa shape index (κ3) is 2.11. The minimum absolute atomic E-state index is 0.211. The van der Waals surface area contributed by atoms with Crippen molar-refractivity contribution in [3.8, 4) is 0 Å². The molecule has 0 unspecified atom stereocenters. The fourth-order valence-corrected chi connectivity index (χ4v) is 1.24. The summed E-state index contributed by atoms with van der Waals surface area (Å²) in [5.41, 5.74) is 0. The van der Waals surface area contributed by atoms with Gasteiger partial charge in [-0.2, -0.15) is 0 Å². The second kappa shape index (κ2) is 4.30. The Morgan fingerprint density at radius 2 is 2.25 bits per heavy atom. The van der Waals surface area contributed by atoms with Crippen LogP contribution in [0.1, 0.15) is 19.8 Å². The standard InChI is InChI=1S/C8H16N2O2/c1-3-7-12-8(11)10-6-4-5-9(10)2/h3-7H2,1-2H3. The average Bonchev–Trinajstić information content (AvgIpc) is 2.47. The van der Waals surface area contributed by atoms with Crippen LogP contribution in [0.3, 0.4) is 0 Å². The quantitative estimate of drug-likeness (QED) is 0.625. The monoisotopic (exact) mass is 172 g/mol. The van der Waals surface area contributed by atoms with E-state index in [4.69, 9.17) is 4.74 Å². The van der Waals surface area contributed by atoms with E-state index in [0.717, 1.165) is 25.9 Å². The van der Waals surface area contributed by atoms with Gasteiger partial charge in [-0.15, -0.1) is 0 Å². The molecule has 1 fully saturated rings. The predicted molar refractivity (Wildman–Crippen MR) is 45.6 cm³/mol. The van der Waals surface area contributed by atoms with Crippen LogP contribution in [0.5, 0.6) is 0 Å². The van der Waals surface area contributed by atoms with Crippen LogP contribution in [0.15, 0.2) is 0 Å². The van der Waals surface area contributed by atoms with Gasteiger partial charge >= 0.3 is 6.09 Å². The van der Waals surface area contributed by atoms with E-state index in [0.29, 0.717) is 6.61 Å². The van der Waals surface area contributed by atoms with Gasteiger partial charge in [0.05, 0.1) is 6.61 Å². The highest BCUT2D eigenvalue weighted by Crippen LogP contribution is 2.08. The number of hydrogen-bond donors (Lipinski definition) is 0. The number of amides is 1. The molecule has 1 rings (SSSR count). The van der Waals surface area contributed by atoms with E-state index in [-0.39, 0.29) is 6.09 Å². The van der Waals surface area contributed by atoms with Crippen LogP contribution in [0, 0.1) is 0 Å². The Morgan fingerprint density at radius 1 is 1.50 bits per heavy atom. The fourth-order valence-electron chi connectivity index (χ4n) is 1.24. The number of ether oxygens (including phenoxy) is 1. The van der Waals surface area contributed by atoms with Crippen LogP contribution in [-0.2, 0) is 4.74 Å². The number of nitrogens with zero attached hydrogens (tertiary/aromatic N) is 2. The van der Waals surface area contributed by atoms with Crippen molar-refractivity contribution in [1.82, 2.24) is 10.0 Å². The van der Waals surface area contributed by atoms with Gasteiger partial charge in [0.15, 0.2) is 0 Å². The van der Waals surface area contributed by atoms with E-state index in [1.807, 2.05) is 19.0 Å². The number of hydrazine groups is 1. The Labute approximate surface area is 73.1 Å². The van der Waals surface area contributed by atoms with Crippen molar-refractivity contribution in [1.29, 1.82) is 0 Å². The van der Waals surface area contributed by atoms with Crippen molar-refractivity contribution < 1.29 is 9.53 Å². The number of carbonyl (C=O) groups is 1. The summed E-state index contributed by atoms with van der Waals surface area (Å²) in [6, 6.07) is 0. The van der Waals surface area contributed by atoms with E-state index in [2.05, 4.69) is 0 Å². The molecule has 4 nitrogen and oxygen atoms in total. The Morgan fingerprint density at radius 3 is 2.75 bits per heavy atom. The summed E-state index contributed by atoms with van der Waals surface area (Å²) < 4.78 is 4.99. The van der Waals surface area contributed by atoms with Gasteiger partial charge in [0.25, 0.3) is 0 Å². The topological polar surface area (TPSA) is 32.8 Å². The summed E-state index contributed by atoms with van der Waals surface area (Å²) in [5, 5.41) is 3.55. The smallest absolute Gasteiger partial charge is 0.424 e. The molecule has 1 aliphatic rings. The summed E-state index contributed by atoms with van der Waals surface area (Å²) in [7, 11) is 1.90. The largest absolute Gasteiger partial charge is 0.448 e. The van der Waals surface area contributed by atoms with Crippen molar-refractivity contribution in [3.63, 3.8) is 0 Å². The molecular weight excluding hydrogens is 156 g/mol. The van der Waals surface area contributed by atoms with E-state index in [1.165, 1.54) is 0 Å². The maximum atomic E-state index is 11.3. The predicted octanol–water partition coefficient (Wildman–Crippen LogP) is 1.09. The first-order chi connectivity index (χ1) is 5.75. The van der Waals surface area contributed by atoms with E-state index in [9.17, 15) is 4.79 Å². The third-order valence-electron chi connectivity index (χ3n) is 1.90. The molecule has 1 aliphatic heterocycles. The van der Waals surface area contributed by atoms with Gasteiger partial charge in [-0.05, 0) is 12.8 Å². The lowest BCUT2D eigenvalue weighted by molar-refractivity contribution is 0.0302. The lowest BCUT2D eigenvalue weighted by Gasteiger charge is -2.22. The summed E-state index contributed by atoms with van der Waals surface area (Å²) >= 11 is 0. The number of carbonyl (C=O) groups excluding carboxylic acids is 1. The minimum atomic E-state index is -0.211. The summed E-state index contributed by atoms with van der Waals surface area (Å²) in [6.45, 7) is 4.24. The first kappa shape index (κ1) is 9.32. The normalized spacial score (nSPS) is 18.3. The maximum Gasteiger partial charge on any atom is 0.424 e. The number of rotatable bonds is 2. The summed E-state index contributed by atoms with van der Waals surface area (Å²) in [4.78, 5) is 11.3. The third-order valence-corrected chi connectivity index (χ3v) is 1.90. The van der Waals surface area contributed by atoms with Crippen molar-refractivity contribution >= 4 is 6.09 Å². The molecule has 0 N–H and O–H groups in total. The lowest BCUT2D eigenvalue weighted by atomic mass is 10.5. The second-order valence-corrected chi connectivity index (χ2v) is 2.97. The van der Waals surface area contributed by atoms with Crippen LogP contribution >= 0.6 is 0 Å². The Hall–Kier alpha value is -0.770. The SMILES string of the molecule is CCCOC(=O)N1CCCN1C. The van der Waals surface area contributed by atoms with Crippen molar-refractivity contribution in [3.05, 3.63) is 0 Å². The molecule has 1 amide bonds. The molecule has 0 aromatic heterocycles. The molecule has 4 heteroatoms. The maximum absolute atomic E-state index is 11.3. The van der Waals surface area contributed by atoms with Gasteiger partial charge in [0, 0.05) is 20.1 Å². The highest BCUT2D eigenvalue weighted by Gasteiger charge is 2.24. The molecule has 0 atom stereocenters. The van der Waals surface area contributed by atoms with Gasteiger partial charge in [-0.25, -0.2) is 14.8 Å². The van der Waals surface area contributed by atoms with Gasteiger partial charge in [0.1, 0.15) is 0 Å². The highest BCUT2D eigenvalue weighted by atomic mass is 16.6. The lowest BCUT2D eigenvalue weighted by Crippen LogP contribution is -2.38. The summed E-state index contributed by atoms with van der Waals surface area (Å²) in [6.07, 6.45) is 1.71. The fraction of sp³-hybridized carbons (Fsp3) is 0.875. The zero-order valence-corrected chi connectivity index (χ0v) is 7.75. The molecule has 0 spiro atoms. The molecule has 1 heterocycles. The zero-order valence-electron chi connectivity index (χ0n) is 7.75. The Kier molecular flexibility index (Phi) is 3.34. The van der Waals surface area contributed by atoms with Crippen LogP contribution < -0.4 is 0 Å². The minimum Gasteiger partial charge on any atom is -0.448 e. The molecule has 0 aliphatic carbocycles. The van der Waals surface area contributed by atoms with Crippen molar-refractivity contribution in [2.75, 3.05) is 26.7 Å². The average molecular weight is 172 g/mol. The molecule has 70 valence electrons. The van der Waals surface area contributed by atoms with Gasteiger partial charge < -0.3 is 4.74 Å². The van der Waals surface area contributed by atoms with Gasteiger partial charge in [-0.3, -0.25) is 0 Å². The first-order valence-corrected chi connectivity index (χ1v) is 4.41. The van der Waals surface area contributed by atoms with Crippen molar-refractivity contribution in [2.24, 2.45) is 0 Å². The Balaban J connectivity index is 2.30. The first-order valence-electron chi connectivity index (χ1n) is 4.41. The van der Waals surface area contributed by atoms with E-state index >= 15 is 0 Å². The van der Waals surface area contributed by atoms with Crippen LogP contribution in [0.2, 0.25) is 0 Å². The van der Waals surface area contributed by atoms with E-state index in [1.54, 1.807) is 5.01 Å². The molecule has 0 radical (unpaired) electrons. The van der Waals surface area contributed by atoms with Crippen LogP contribution in [0.4, 0.5) is 4.79 Å². The molecule has 0 aromatic rings. The molecule has 1 saturated heterocycles. The van der Waals surface area contributed by atoms with Crippen molar-refractivity contribution in [2.45, 2.75) is 19.8 Å². The summed E-state index contributed by atoms with van der Waals surface area (Å²) in [5.74, 6) is 0.